The SMILES string of the molecule is Cc1c[nH]c(=S)[nH]1.Cc1cnc(SCC(O)CCl)[nH]1. The van der Waals surface area contributed by atoms with Crippen molar-refractivity contribution in [3.8, 4) is 0 Å². The lowest BCUT2D eigenvalue weighted by Gasteiger charge is -2.02. The van der Waals surface area contributed by atoms with Crippen molar-refractivity contribution in [1.29, 1.82) is 0 Å². The quantitative estimate of drug-likeness (QED) is 0.397. The number of H-pyrrole nitrogens is 3. The number of rotatable bonds is 4. The number of imidazole rings is 2. The molecule has 106 valence electrons. The van der Waals surface area contributed by atoms with Gasteiger partial charge in [0.2, 0.25) is 0 Å². The van der Waals surface area contributed by atoms with Crippen molar-refractivity contribution in [3.63, 3.8) is 0 Å². The first kappa shape index (κ1) is 16.3. The Labute approximate surface area is 126 Å². The standard InChI is InChI=1S/C7H11ClN2OS.C4H6N2S/c1-5-3-9-7(10-5)12-4-6(11)2-8;1-3-2-5-4(7)6-3/h3,6,11H,2,4H2,1H3,(H,9,10);2H,1H3,(H2,5,6,7). The number of alkyl halides is 1. The molecule has 2 aromatic heterocycles. The summed E-state index contributed by atoms with van der Waals surface area (Å²) < 4.78 is 0.692. The van der Waals surface area contributed by atoms with Gasteiger partial charge in [0.15, 0.2) is 9.93 Å². The lowest BCUT2D eigenvalue weighted by molar-refractivity contribution is 0.223. The molecule has 8 heteroatoms. The molecular weight excluding hydrogens is 304 g/mol. The van der Waals surface area contributed by atoms with E-state index in [4.69, 9.17) is 28.9 Å². The molecule has 2 aromatic rings. The molecule has 0 saturated carbocycles. The highest BCUT2D eigenvalue weighted by molar-refractivity contribution is 7.99. The lowest BCUT2D eigenvalue weighted by atomic mass is 10.5. The molecule has 0 aliphatic carbocycles. The summed E-state index contributed by atoms with van der Waals surface area (Å²) in [5.74, 6) is 0.850. The summed E-state index contributed by atoms with van der Waals surface area (Å²) in [7, 11) is 0. The summed E-state index contributed by atoms with van der Waals surface area (Å²) in [4.78, 5) is 12.9. The second kappa shape index (κ2) is 8.42. The smallest absolute Gasteiger partial charge is 0.174 e. The molecule has 2 heterocycles. The highest BCUT2D eigenvalue weighted by Gasteiger charge is 2.04. The highest BCUT2D eigenvalue weighted by atomic mass is 35.5. The van der Waals surface area contributed by atoms with Gasteiger partial charge in [-0.1, -0.05) is 11.8 Å². The molecule has 2 rings (SSSR count). The molecule has 0 saturated heterocycles. The molecule has 19 heavy (non-hydrogen) atoms. The van der Waals surface area contributed by atoms with E-state index in [1.54, 1.807) is 6.20 Å². The van der Waals surface area contributed by atoms with Crippen molar-refractivity contribution in [2.24, 2.45) is 0 Å². The van der Waals surface area contributed by atoms with Gasteiger partial charge in [0.25, 0.3) is 0 Å². The zero-order chi connectivity index (χ0) is 14.3. The van der Waals surface area contributed by atoms with Crippen molar-refractivity contribution in [1.82, 2.24) is 19.9 Å². The Balaban J connectivity index is 0.000000218. The monoisotopic (exact) mass is 320 g/mol. The predicted octanol–water partition coefficient (Wildman–Crippen LogP) is 2.79. The van der Waals surface area contributed by atoms with E-state index in [2.05, 4.69) is 19.9 Å². The number of thioether (sulfide) groups is 1. The Kier molecular flexibility index (Phi) is 7.22. The van der Waals surface area contributed by atoms with Gasteiger partial charge in [0, 0.05) is 35.4 Å². The van der Waals surface area contributed by atoms with Crippen LogP contribution in [0.3, 0.4) is 0 Å². The molecule has 0 bridgehead atoms. The molecule has 0 radical (unpaired) electrons. The van der Waals surface area contributed by atoms with Crippen molar-refractivity contribution < 1.29 is 5.11 Å². The Morgan fingerprint density at radius 1 is 1.42 bits per heavy atom. The van der Waals surface area contributed by atoms with E-state index >= 15 is 0 Å². The van der Waals surface area contributed by atoms with Crippen LogP contribution in [0.1, 0.15) is 11.4 Å². The molecule has 0 fully saturated rings. The summed E-state index contributed by atoms with van der Waals surface area (Å²) in [6.45, 7) is 3.89. The van der Waals surface area contributed by atoms with Gasteiger partial charge in [-0.3, -0.25) is 0 Å². The van der Waals surface area contributed by atoms with Gasteiger partial charge < -0.3 is 20.1 Å². The molecule has 0 amide bonds. The summed E-state index contributed by atoms with van der Waals surface area (Å²) in [5.41, 5.74) is 2.10. The molecule has 1 atom stereocenters. The first-order valence-electron chi connectivity index (χ1n) is 5.64. The maximum absolute atomic E-state index is 9.13. The van der Waals surface area contributed by atoms with Crippen LogP contribution >= 0.6 is 35.6 Å². The van der Waals surface area contributed by atoms with Crippen LogP contribution < -0.4 is 0 Å². The maximum Gasteiger partial charge on any atom is 0.174 e. The van der Waals surface area contributed by atoms with Crippen molar-refractivity contribution in [2.45, 2.75) is 25.1 Å². The topological polar surface area (TPSA) is 80.5 Å². The molecular formula is C11H17ClN4OS2. The van der Waals surface area contributed by atoms with E-state index in [-0.39, 0.29) is 5.88 Å². The Morgan fingerprint density at radius 3 is 2.53 bits per heavy atom. The van der Waals surface area contributed by atoms with Gasteiger partial charge in [-0.15, -0.1) is 11.6 Å². The molecule has 1 unspecified atom stereocenters. The fourth-order valence-electron chi connectivity index (χ4n) is 1.11. The van der Waals surface area contributed by atoms with Crippen LogP contribution in [0.15, 0.2) is 17.6 Å². The van der Waals surface area contributed by atoms with E-state index in [1.807, 2.05) is 20.0 Å². The molecule has 4 N–H and O–H groups in total. The Bertz CT molecular complexity index is 537. The fourth-order valence-corrected chi connectivity index (χ4v) is 2.39. The van der Waals surface area contributed by atoms with Crippen LogP contribution in [-0.4, -0.2) is 42.8 Å². The summed E-state index contributed by atoms with van der Waals surface area (Å²) in [6.07, 6.45) is 3.14. The normalized spacial score (nSPS) is 11.8. The molecule has 0 aliphatic rings. The average Bonchev–Trinajstić information content (AvgIpc) is 2.96. The minimum absolute atomic E-state index is 0.271. The number of hydrogen-bond donors (Lipinski definition) is 4. The van der Waals surface area contributed by atoms with Crippen molar-refractivity contribution in [2.75, 3.05) is 11.6 Å². The highest BCUT2D eigenvalue weighted by Crippen LogP contribution is 2.14. The zero-order valence-corrected chi connectivity index (χ0v) is 13.1. The third-order valence-corrected chi connectivity index (χ3v) is 3.61. The molecule has 5 nitrogen and oxygen atoms in total. The van der Waals surface area contributed by atoms with Gasteiger partial charge in [0.1, 0.15) is 0 Å². The average molecular weight is 321 g/mol. The number of aliphatic hydroxyl groups is 1. The third kappa shape index (κ3) is 6.81. The van der Waals surface area contributed by atoms with Crippen LogP contribution in [0.25, 0.3) is 0 Å². The van der Waals surface area contributed by atoms with Crippen LogP contribution in [0.4, 0.5) is 0 Å². The minimum atomic E-state index is -0.456. The Hall–Kier alpha value is -0.760. The second-order valence-corrected chi connectivity index (χ2v) is 5.64. The molecule has 0 aliphatic heterocycles. The van der Waals surface area contributed by atoms with Gasteiger partial charge in [-0.05, 0) is 26.1 Å². The fraction of sp³-hybridized carbons (Fsp3) is 0.455. The largest absolute Gasteiger partial charge is 0.391 e. The number of halogens is 1. The first-order valence-corrected chi connectivity index (χ1v) is 7.57. The number of nitrogens with zero attached hydrogens (tertiary/aromatic N) is 1. The predicted molar refractivity (Wildman–Crippen MR) is 81.5 cm³/mol. The zero-order valence-electron chi connectivity index (χ0n) is 10.7. The first-order chi connectivity index (χ1) is 9.01. The lowest BCUT2D eigenvalue weighted by Crippen LogP contribution is -2.11. The maximum atomic E-state index is 9.13. The second-order valence-electron chi connectivity index (χ2n) is 3.92. The molecule has 0 aromatic carbocycles. The number of aliphatic hydroxyl groups excluding tert-OH is 1. The number of aromatic nitrogens is 4. The van der Waals surface area contributed by atoms with Crippen LogP contribution in [-0.2, 0) is 0 Å². The van der Waals surface area contributed by atoms with Gasteiger partial charge in [0.05, 0.1) is 6.10 Å². The van der Waals surface area contributed by atoms with E-state index in [1.165, 1.54) is 11.8 Å². The number of nitrogens with one attached hydrogen (secondary N) is 3. The van der Waals surface area contributed by atoms with E-state index in [0.717, 1.165) is 16.5 Å². The summed E-state index contributed by atoms with van der Waals surface area (Å²) >= 11 is 11.6. The van der Waals surface area contributed by atoms with Gasteiger partial charge in [-0.25, -0.2) is 4.98 Å². The van der Waals surface area contributed by atoms with E-state index in [0.29, 0.717) is 10.5 Å². The Morgan fingerprint density at radius 2 is 2.16 bits per heavy atom. The van der Waals surface area contributed by atoms with Crippen LogP contribution in [0.5, 0.6) is 0 Å². The number of hydrogen-bond acceptors (Lipinski definition) is 4. The summed E-state index contributed by atoms with van der Waals surface area (Å²) in [5, 5.41) is 9.96. The van der Waals surface area contributed by atoms with Gasteiger partial charge in [-0.2, -0.15) is 0 Å². The van der Waals surface area contributed by atoms with Crippen LogP contribution in [0, 0.1) is 18.6 Å². The van der Waals surface area contributed by atoms with Crippen LogP contribution in [0.2, 0.25) is 0 Å². The third-order valence-electron chi connectivity index (χ3n) is 2.00. The summed E-state index contributed by atoms with van der Waals surface area (Å²) in [6, 6.07) is 0. The van der Waals surface area contributed by atoms with E-state index < -0.39 is 6.10 Å². The van der Waals surface area contributed by atoms with E-state index in [9.17, 15) is 0 Å². The van der Waals surface area contributed by atoms with Crippen molar-refractivity contribution >= 4 is 35.6 Å². The minimum Gasteiger partial charge on any atom is -0.391 e. The number of aryl methyl sites for hydroxylation is 2. The van der Waals surface area contributed by atoms with Gasteiger partial charge >= 0.3 is 0 Å². The number of aromatic amines is 3. The van der Waals surface area contributed by atoms with Crippen molar-refractivity contribution in [3.05, 3.63) is 28.6 Å². The molecule has 0 spiro atoms.